The normalized spacial score (nSPS) is 33.6. The highest BCUT2D eigenvalue weighted by Crippen LogP contribution is 2.60. The Morgan fingerprint density at radius 1 is 1.13 bits per heavy atom. The number of carbonyl (C=O) groups is 2. The van der Waals surface area contributed by atoms with Crippen molar-refractivity contribution in [1.82, 2.24) is 25.2 Å². The first-order valence-electron chi connectivity index (χ1n) is 10.8. The van der Waals surface area contributed by atoms with E-state index in [0.717, 1.165) is 37.7 Å². The van der Waals surface area contributed by atoms with Crippen molar-refractivity contribution < 1.29 is 9.59 Å². The average molecular weight is 403 g/mol. The van der Waals surface area contributed by atoms with E-state index in [-0.39, 0.29) is 22.9 Å². The lowest BCUT2D eigenvalue weighted by Crippen LogP contribution is -2.69. The molecule has 0 saturated heterocycles. The highest BCUT2D eigenvalue weighted by atomic mass is 16.2. The summed E-state index contributed by atoms with van der Waals surface area (Å²) in [6.45, 7) is 2.43. The van der Waals surface area contributed by atoms with Crippen LogP contribution in [0.4, 0.5) is 0 Å². The van der Waals surface area contributed by atoms with Crippen LogP contribution in [-0.2, 0) is 6.54 Å². The van der Waals surface area contributed by atoms with Crippen LogP contribution in [0.5, 0.6) is 0 Å². The number of rotatable bonds is 3. The first-order chi connectivity index (χ1) is 14.5. The van der Waals surface area contributed by atoms with Gasteiger partial charge in [-0.3, -0.25) is 14.6 Å². The summed E-state index contributed by atoms with van der Waals surface area (Å²) in [5.74, 6) is 1.61. The van der Waals surface area contributed by atoms with Gasteiger partial charge in [-0.05, 0) is 69.4 Å². The van der Waals surface area contributed by atoms with Crippen LogP contribution in [0.25, 0.3) is 0 Å². The Balaban J connectivity index is 1.32. The molecule has 5 aliphatic rings. The maximum Gasteiger partial charge on any atom is 0.273 e. The van der Waals surface area contributed by atoms with Crippen molar-refractivity contribution in [2.75, 3.05) is 0 Å². The molecule has 3 heterocycles. The minimum absolute atomic E-state index is 0.0560. The number of carbonyl (C=O) groups excluding carboxylic acids is 2. The number of nitrogens with one attached hydrogen (secondary N) is 1. The van der Waals surface area contributed by atoms with Crippen molar-refractivity contribution in [3.05, 3.63) is 53.4 Å². The SMILES string of the molecule is Cc1nccc(C(=O)NC23CC4CC(C2)CC(N2Cc5cccnc5C2=O)(C4)C3)n1. The smallest absolute Gasteiger partial charge is 0.273 e. The molecular weight excluding hydrogens is 378 g/mol. The first kappa shape index (κ1) is 18.0. The first-order valence-corrected chi connectivity index (χ1v) is 10.8. The Bertz CT molecular complexity index is 1050. The third-order valence-corrected chi connectivity index (χ3v) is 7.66. The molecule has 0 spiro atoms. The molecule has 2 unspecified atom stereocenters. The molecular formula is C23H25N5O2. The Labute approximate surface area is 175 Å². The molecule has 2 atom stereocenters. The minimum atomic E-state index is -0.261. The Hall–Kier alpha value is -2.83. The number of fused-ring (bicyclic) bond motifs is 1. The summed E-state index contributed by atoms with van der Waals surface area (Å²) < 4.78 is 0. The number of hydrogen-bond acceptors (Lipinski definition) is 5. The maximum atomic E-state index is 13.3. The largest absolute Gasteiger partial charge is 0.345 e. The predicted molar refractivity (Wildman–Crippen MR) is 108 cm³/mol. The van der Waals surface area contributed by atoms with Gasteiger partial charge in [0.2, 0.25) is 0 Å². The molecule has 4 aliphatic carbocycles. The fraction of sp³-hybridized carbons (Fsp3) is 0.522. The average Bonchev–Trinajstić information content (AvgIpc) is 3.04. The van der Waals surface area contributed by atoms with Gasteiger partial charge < -0.3 is 10.2 Å². The highest BCUT2D eigenvalue weighted by Gasteiger charge is 2.61. The van der Waals surface area contributed by atoms with E-state index in [2.05, 4.69) is 25.2 Å². The van der Waals surface area contributed by atoms with Crippen LogP contribution in [0.2, 0.25) is 0 Å². The van der Waals surface area contributed by atoms with Gasteiger partial charge in [-0.1, -0.05) is 6.07 Å². The van der Waals surface area contributed by atoms with Gasteiger partial charge in [0, 0.05) is 35.6 Å². The van der Waals surface area contributed by atoms with E-state index >= 15 is 0 Å². The summed E-state index contributed by atoms with van der Waals surface area (Å²) in [5, 5.41) is 3.37. The van der Waals surface area contributed by atoms with Crippen LogP contribution in [0.1, 0.15) is 70.9 Å². The summed E-state index contributed by atoms with van der Waals surface area (Å²) >= 11 is 0. The molecule has 4 saturated carbocycles. The molecule has 30 heavy (non-hydrogen) atoms. The molecule has 4 bridgehead atoms. The second-order valence-corrected chi connectivity index (χ2v) is 9.81. The van der Waals surface area contributed by atoms with Crippen LogP contribution in [0.3, 0.4) is 0 Å². The zero-order chi connectivity index (χ0) is 20.5. The Kier molecular flexibility index (Phi) is 3.65. The monoisotopic (exact) mass is 403 g/mol. The number of amides is 2. The minimum Gasteiger partial charge on any atom is -0.345 e. The maximum absolute atomic E-state index is 13.3. The Morgan fingerprint density at radius 3 is 2.67 bits per heavy atom. The van der Waals surface area contributed by atoms with Crippen LogP contribution in [0, 0.1) is 18.8 Å². The highest BCUT2D eigenvalue weighted by molar-refractivity contribution is 5.97. The van der Waals surface area contributed by atoms with Gasteiger partial charge in [0.05, 0.1) is 0 Å². The molecule has 0 aromatic carbocycles. The van der Waals surface area contributed by atoms with Crippen molar-refractivity contribution in [2.45, 2.75) is 63.1 Å². The van der Waals surface area contributed by atoms with E-state index in [4.69, 9.17) is 0 Å². The Morgan fingerprint density at radius 2 is 1.93 bits per heavy atom. The summed E-state index contributed by atoms with van der Waals surface area (Å²) in [6.07, 6.45) is 9.42. The second kappa shape index (κ2) is 6.09. The zero-order valence-corrected chi connectivity index (χ0v) is 17.1. The van der Waals surface area contributed by atoms with Crippen LogP contribution in [-0.4, -0.2) is 42.7 Å². The van der Waals surface area contributed by atoms with Crippen molar-refractivity contribution in [3.8, 4) is 0 Å². The molecule has 1 N–H and O–H groups in total. The molecule has 2 aromatic rings. The summed E-state index contributed by atoms with van der Waals surface area (Å²) in [5.41, 5.74) is 1.59. The molecule has 154 valence electrons. The zero-order valence-electron chi connectivity index (χ0n) is 17.1. The van der Waals surface area contributed by atoms with E-state index in [0.29, 0.717) is 35.6 Å². The molecule has 7 nitrogen and oxygen atoms in total. The summed E-state index contributed by atoms with van der Waals surface area (Å²) in [7, 11) is 0. The van der Waals surface area contributed by atoms with Crippen LogP contribution < -0.4 is 5.32 Å². The standard InChI is InChI=1S/C23H25N5O2/c1-14-24-6-4-18(26-14)20(29)27-22-8-15-7-16(9-22)11-23(10-15,13-22)28-12-17-3-2-5-25-19(17)21(28)30/h2-6,15-16H,7-13H2,1H3,(H,27,29). The van der Waals surface area contributed by atoms with Gasteiger partial charge in [0.15, 0.2) is 0 Å². The van der Waals surface area contributed by atoms with E-state index in [1.165, 1.54) is 6.42 Å². The van der Waals surface area contributed by atoms with E-state index in [1.54, 1.807) is 25.4 Å². The van der Waals surface area contributed by atoms with Crippen molar-refractivity contribution in [1.29, 1.82) is 0 Å². The molecule has 2 amide bonds. The molecule has 2 aromatic heterocycles. The van der Waals surface area contributed by atoms with Crippen molar-refractivity contribution in [2.24, 2.45) is 11.8 Å². The van der Waals surface area contributed by atoms with Gasteiger partial charge in [-0.25, -0.2) is 9.97 Å². The summed E-state index contributed by atoms with van der Waals surface area (Å²) in [6, 6.07) is 5.58. The topological polar surface area (TPSA) is 88.1 Å². The molecule has 7 heteroatoms. The molecule has 4 fully saturated rings. The van der Waals surface area contributed by atoms with Gasteiger partial charge >= 0.3 is 0 Å². The fourth-order valence-corrected chi connectivity index (χ4v) is 7.08. The van der Waals surface area contributed by atoms with Crippen LogP contribution in [0.15, 0.2) is 30.6 Å². The second-order valence-electron chi connectivity index (χ2n) is 9.81. The van der Waals surface area contributed by atoms with Crippen LogP contribution >= 0.6 is 0 Å². The lowest BCUT2D eigenvalue weighted by molar-refractivity contribution is -0.0938. The van der Waals surface area contributed by atoms with Gasteiger partial charge in [0.1, 0.15) is 17.2 Å². The number of hydrogen-bond donors (Lipinski definition) is 1. The summed E-state index contributed by atoms with van der Waals surface area (Å²) in [4.78, 5) is 41.2. The third kappa shape index (κ3) is 2.60. The van der Waals surface area contributed by atoms with Gasteiger partial charge in [0.25, 0.3) is 11.8 Å². The lowest BCUT2D eigenvalue weighted by atomic mass is 9.49. The molecule has 0 radical (unpaired) electrons. The fourth-order valence-electron chi connectivity index (χ4n) is 7.08. The van der Waals surface area contributed by atoms with E-state index in [9.17, 15) is 9.59 Å². The molecule has 7 rings (SSSR count). The predicted octanol–water partition coefficient (Wildman–Crippen LogP) is 2.66. The quantitative estimate of drug-likeness (QED) is 0.851. The number of pyridine rings is 1. The van der Waals surface area contributed by atoms with Crippen molar-refractivity contribution >= 4 is 11.8 Å². The van der Waals surface area contributed by atoms with Gasteiger partial charge in [-0.2, -0.15) is 0 Å². The van der Waals surface area contributed by atoms with Gasteiger partial charge in [-0.15, -0.1) is 0 Å². The molecule has 1 aliphatic heterocycles. The van der Waals surface area contributed by atoms with E-state index in [1.807, 2.05) is 12.1 Å². The third-order valence-electron chi connectivity index (χ3n) is 7.66. The number of aryl methyl sites for hydroxylation is 1. The van der Waals surface area contributed by atoms with E-state index < -0.39 is 0 Å². The lowest BCUT2D eigenvalue weighted by Gasteiger charge is -2.64. The number of nitrogens with zero attached hydrogens (tertiary/aromatic N) is 4. The number of aromatic nitrogens is 3. The van der Waals surface area contributed by atoms with Crippen molar-refractivity contribution in [3.63, 3.8) is 0 Å².